The standard InChI is InChI=1S/C24H33Cl2N5O4/c1-6-35-22(32)19-18(13-30-10-11-31(15(4)12-30)24(34)27-14(2)3)29(5)23(33)28-21(19)16-8-7-9-17(25)20(16)26/h7-9,14-15,21H,6,10-13H2,1-5H3,(H,27,34)(H,28,33)/t15-,21+/m0/s1. The predicted octanol–water partition coefficient (Wildman–Crippen LogP) is 3.63. The zero-order chi connectivity index (χ0) is 25.9. The van der Waals surface area contributed by atoms with Crippen LogP contribution >= 0.6 is 23.2 Å². The fourth-order valence-corrected chi connectivity index (χ4v) is 4.81. The number of rotatable bonds is 6. The first-order valence-electron chi connectivity index (χ1n) is 11.7. The summed E-state index contributed by atoms with van der Waals surface area (Å²) in [5.74, 6) is -0.529. The van der Waals surface area contributed by atoms with E-state index in [-0.39, 0.29) is 35.8 Å². The third kappa shape index (κ3) is 6.02. The van der Waals surface area contributed by atoms with Crippen molar-refractivity contribution in [3.8, 4) is 0 Å². The number of ether oxygens (including phenoxy) is 1. The van der Waals surface area contributed by atoms with Gasteiger partial charge >= 0.3 is 18.0 Å². The van der Waals surface area contributed by atoms with Crippen molar-refractivity contribution >= 4 is 41.2 Å². The molecule has 35 heavy (non-hydrogen) atoms. The van der Waals surface area contributed by atoms with Gasteiger partial charge in [0, 0.05) is 51.0 Å². The normalized spacial score (nSPS) is 21.3. The van der Waals surface area contributed by atoms with Gasteiger partial charge in [0.05, 0.1) is 28.3 Å². The molecule has 2 atom stereocenters. The Labute approximate surface area is 216 Å². The molecule has 3 rings (SSSR count). The molecule has 11 heteroatoms. The predicted molar refractivity (Wildman–Crippen MR) is 135 cm³/mol. The van der Waals surface area contributed by atoms with Crippen molar-refractivity contribution in [2.75, 3.05) is 39.8 Å². The minimum Gasteiger partial charge on any atom is -0.463 e. The molecule has 0 spiro atoms. The summed E-state index contributed by atoms with van der Waals surface area (Å²) >= 11 is 12.7. The van der Waals surface area contributed by atoms with Crippen molar-refractivity contribution in [1.29, 1.82) is 0 Å². The van der Waals surface area contributed by atoms with Gasteiger partial charge in [0.15, 0.2) is 0 Å². The van der Waals surface area contributed by atoms with Crippen LogP contribution in [0.5, 0.6) is 0 Å². The van der Waals surface area contributed by atoms with Crippen LogP contribution in [-0.2, 0) is 9.53 Å². The number of piperazine rings is 1. The van der Waals surface area contributed by atoms with Crippen molar-refractivity contribution < 1.29 is 19.1 Å². The minimum atomic E-state index is -0.811. The van der Waals surface area contributed by atoms with Gasteiger partial charge in [-0.3, -0.25) is 9.80 Å². The van der Waals surface area contributed by atoms with Crippen LogP contribution in [0.2, 0.25) is 10.0 Å². The van der Waals surface area contributed by atoms with E-state index in [0.29, 0.717) is 48.0 Å². The fraction of sp³-hybridized carbons (Fsp3) is 0.542. The lowest BCUT2D eigenvalue weighted by Gasteiger charge is -2.42. The molecule has 192 valence electrons. The number of amides is 4. The van der Waals surface area contributed by atoms with Crippen molar-refractivity contribution in [1.82, 2.24) is 25.3 Å². The maximum Gasteiger partial charge on any atom is 0.338 e. The molecule has 0 unspecified atom stereocenters. The number of hydrogen-bond acceptors (Lipinski definition) is 5. The largest absolute Gasteiger partial charge is 0.463 e. The average molecular weight is 526 g/mol. The Morgan fingerprint density at radius 1 is 1.26 bits per heavy atom. The maximum atomic E-state index is 13.2. The Hall–Kier alpha value is -2.49. The van der Waals surface area contributed by atoms with E-state index in [1.165, 1.54) is 4.90 Å². The molecule has 1 fully saturated rings. The highest BCUT2D eigenvalue weighted by Gasteiger charge is 2.39. The van der Waals surface area contributed by atoms with Crippen molar-refractivity contribution in [3.63, 3.8) is 0 Å². The molecule has 9 nitrogen and oxygen atoms in total. The molecule has 0 aliphatic carbocycles. The Bertz CT molecular complexity index is 1020. The molecular weight excluding hydrogens is 493 g/mol. The number of urea groups is 2. The summed E-state index contributed by atoms with van der Waals surface area (Å²) in [4.78, 5) is 44.0. The van der Waals surface area contributed by atoms with Gasteiger partial charge in [-0.1, -0.05) is 35.3 Å². The fourth-order valence-electron chi connectivity index (χ4n) is 4.39. The number of hydrogen-bond donors (Lipinski definition) is 2. The molecule has 1 aromatic rings. The van der Waals surface area contributed by atoms with E-state index in [4.69, 9.17) is 27.9 Å². The van der Waals surface area contributed by atoms with E-state index in [0.717, 1.165) is 0 Å². The van der Waals surface area contributed by atoms with Crippen LogP contribution in [0.1, 0.15) is 39.3 Å². The lowest BCUT2D eigenvalue weighted by atomic mass is 9.94. The third-order valence-electron chi connectivity index (χ3n) is 6.12. The quantitative estimate of drug-likeness (QED) is 0.553. The Balaban J connectivity index is 1.94. The van der Waals surface area contributed by atoms with E-state index < -0.39 is 12.0 Å². The van der Waals surface area contributed by atoms with Crippen LogP contribution in [0.4, 0.5) is 9.59 Å². The highest BCUT2D eigenvalue weighted by molar-refractivity contribution is 6.42. The van der Waals surface area contributed by atoms with Crippen LogP contribution in [0.25, 0.3) is 0 Å². The van der Waals surface area contributed by atoms with E-state index in [1.807, 2.05) is 25.7 Å². The molecule has 1 saturated heterocycles. The summed E-state index contributed by atoms with van der Waals surface area (Å²) in [6.07, 6.45) is 0. The maximum absolute atomic E-state index is 13.2. The highest BCUT2D eigenvalue weighted by atomic mass is 35.5. The summed E-state index contributed by atoms with van der Waals surface area (Å²) in [6, 6.07) is 3.84. The van der Waals surface area contributed by atoms with Crippen molar-refractivity contribution in [2.45, 2.75) is 45.8 Å². The number of carbonyl (C=O) groups excluding carboxylic acids is 3. The van der Waals surface area contributed by atoms with Gasteiger partial charge in [0.2, 0.25) is 0 Å². The molecule has 4 amide bonds. The number of nitrogens with zero attached hydrogens (tertiary/aromatic N) is 3. The number of likely N-dealkylation sites (N-methyl/N-ethyl adjacent to an activating group) is 1. The van der Waals surface area contributed by atoms with Gasteiger partial charge in [-0.05, 0) is 39.3 Å². The monoisotopic (exact) mass is 525 g/mol. The summed E-state index contributed by atoms with van der Waals surface area (Å²) in [5, 5.41) is 6.39. The second-order valence-electron chi connectivity index (χ2n) is 9.05. The molecule has 2 heterocycles. The van der Waals surface area contributed by atoms with Crippen LogP contribution in [-0.4, -0.2) is 84.6 Å². The Morgan fingerprint density at radius 3 is 2.60 bits per heavy atom. The first-order chi connectivity index (χ1) is 16.5. The van der Waals surface area contributed by atoms with Gasteiger partial charge in [-0.15, -0.1) is 0 Å². The zero-order valence-corrected chi connectivity index (χ0v) is 22.2. The second-order valence-corrected chi connectivity index (χ2v) is 9.83. The molecule has 0 radical (unpaired) electrons. The van der Waals surface area contributed by atoms with E-state index in [1.54, 1.807) is 32.2 Å². The molecular formula is C24H33Cl2N5O4. The van der Waals surface area contributed by atoms with Gasteiger partial charge in [-0.25, -0.2) is 14.4 Å². The summed E-state index contributed by atoms with van der Waals surface area (Å²) in [7, 11) is 1.62. The molecule has 1 aromatic carbocycles. The minimum absolute atomic E-state index is 0.0463. The van der Waals surface area contributed by atoms with Crippen molar-refractivity contribution in [3.05, 3.63) is 45.1 Å². The van der Waals surface area contributed by atoms with Crippen LogP contribution < -0.4 is 10.6 Å². The summed E-state index contributed by atoms with van der Waals surface area (Å²) in [5.41, 5.74) is 1.36. The van der Waals surface area contributed by atoms with E-state index >= 15 is 0 Å². The average Bonchev–Trinajstić information content (AvgIpc) is 2.78. The van der Waals surface area contributed by atoms with Crippen LogP contribution in [0.15, 0.2) is 29.5 Å². The number of benzene rings is 1. The van der Waals surface area contributed by atoms with E-state index in [9.17, 15) is 14.4 Å². The molecule has 2 aliphatic rings. The number of nitrogens with one attached hydrogen (secondary N) is 2. The van der Waals surface area contributed by atoms with Gasteiger partial charge in [-0.2, -0.15) is 0 Å². The molecule has 2 aliphatic heterocycles. The highest BCUT2D eigenvalue weighted by Crippen LogP contribution is 2.37. The molecule has 0 saturated carbocycles. The molecule has 0 aromatic heterocycles. The first kappa shape index (κ1) is 27.1. The Kier molecular flexibility index (Phi) is 8.90. The van der Waals surface area contributed by atoms with Crippen molar-refractivity contribution in [2.24, 2.45) is 0 Å². The van der Waals surface area contributed by atoms with Gasteiger partial charge in [0.1, 0.15) is 0 Å². The molecule has 0 bridgehead atoms. The summed E-state index contributed by atoms with van der Waals surface area (Å²) < 4.78 is 5.38. The topological polar surface area (TPSA) is 94.2 Å². The lowest BCUT2D eigenvalue weighted by molar-refractivity contribution is -0.139. The second kappa shape index (κ2) is 11.5. The number of carbonyl (C=O) groups is 3. The SMILES string of the molecule is CCOC(=O)C1=C(CN2CCN(C(=O)NC(C)C)[C@@H](C)C2)N(C)C(=O)N[C@@H]1c1cccc(Cl)c1Cl. The zero-order valence-electron chi connectivity index (χ0n) is 20.7. The summed E-state index contributed by atoms with van der Waals surface area (Å²) in [6.45, 7) is 9.79. The number of halogens is 2. The smallest absolute Gasteiger partial charge is 0.338 e. The van der Waals surface area contributed by atoms with Crippen LogP contribution in [0, 0.1) is 0 Å². The third-order valence-corrected chi connectivity index (χ3v) is 6.96. The van der Waals surface area contributed by atoms with Crippen LogP contribution in [0.3, 0.4) is 0 Å². The van der Waals surface area contributed by atoms with E-state index in [2.05, 4.69) is 15.5 Å². The lowest BCUT2D eigenvalue weighted by Crippen LogP contribution is -2.58. The van der Waals surface area contributed by atoms with Gasteiger partial charge in [0.25, 0.3) is 0 Å². The molecule has 2 N–H and O–H groups in total. The Morgan fingerprint density at radius 2 is 1.97 bits per heavy atom. The first-order valence-corrected chi connectivity index (χ1v) is 12.5. The van der Waals surface area contributed by atoms with Gasteiger partial charge < -0.3 is 20.3 Å². The number of esters is 1.